The smallest absolute Gasteiger partial charge is 0.303 e. The molecule has 28 heavy (non-hydrogen) atoms. The van der Waals surface area contributed by atoms with Gasteiger partial charge in [0.05, 0.1) is 5.69 Å². The lowest BCUT2D eigenvalue weighted by molar-refractivity contribution is -0.136. The molecule has 1 heterocycles. The monoisotopic (exact) mass is 373 g/mol. The fourth-order valence-electron chi connectivity index (χ4n) is 3.27. The molecule has 0 fully saturated rings. The predicted octanol–water partition coefficient (Wildman–Crippen LogP) is 6.17. The fraction of sp³-hybridized carbons (Fsp3) is 0.280. The van der Waals surface area contributed by atoms with E-state index in [4.69, 9.17) is 5.11 Å². The summed E-state index contributed by atoms with van der Waals surface area (Å²) in [7, 11) is 0. The Morgan fingerprint density at radius 1 is 0.786 bits per heavy atom. The van der Waals surface area contributed by atoms with Crippen molar-refractivity contribution in [3.05, 3.63) is 78.0 Å². The molecule has 144 valence electrons. The van der Waals surface area contributed by atoms with Gasteiger partial charge in [-0.1, -0.05) is 74.4 Å². The molecule has 0 aliphatic heterocycles. The minimum atomic E-state index is -0.762. The molecule has 0 aliphatic carbocycles. The summed E-state index contributed by atoms with van der Waals surface area (Å²) in [5.41, 5.74) is 6.73. The van der Waals surface area contributed by atoms with E-state index in [2.05, 4.69) is 60.4 Å². The van der Waals surface area contributed by atoms with E-state index in [0.717, 1.165) is 34.4 Å². The van der Waals surface area contributed by atoms with Crippen molar-refractivity contribution in [3.8, 4) is 22.4 Å². The number of carboxylic acid groups (broad SMARTS) is 1. The maximum absolute atomic E-state index is 10.7. The number of aliphatic carboxylic acids is 1. The number of aryl methyl sites for hydroxylation is 2. The summed E-state index contributed by atoms with van der Waals surface area (Å²) in [6.07, 6.45) is 7.55. The largest absolute Gasteiger partial charge is 0.481 e. The first-order valence-corrected chi connectivity index (χ1v) is 10.0. The second-order valence-corrected chi connectivity index (χ2v) is 7.18. The first-order chi connectivity index (χ1) is 13.7. The standard InChI is InChI=1S/C25H27NO2/c1-2-3-4-5-20-8-16-24(26-18-20)23-14-12-22(13-15-23)21-10-6-19(7-11-21)9-17-25(27)28/h6-8,10-16,18H,2-5,9,17H2,1H3,(H,27,28). The quantitative estimate of drug-likeness (QED) is 0.457. The average molecular weight is 373 g/mol. The van der Waals surface area contributed by atoms with Crippen LogP contribution in [0.3, 0.4) is 0 Å². The molecule has 0 unspecified atom stereocenters. The molecule has 0 saturated carbocycles. The van der Waals surface area contributed by atoms with Gasteiger partial charge in [-0.3, -0.25) is 9.78 Å². The topological polar surface area (TPSA) is 50.2 Å². The van der Waals surface area contributed by atoms with Crippen LogP contribution in [0.2, 0.25) is 0 Å². The van der Waals surface area contributed by atoms with Gasteiger partial charge in [-0.2, -0.15) is 0 Å². The lowest BCUT2D eigenvalue weighted by Crippen LogP contribution is -1.97. The first-order valence-electron chi connectivity index (χ1n) is 10.0. The van der Waals surface area contributed by atoms with Crippen molar-refractivity contribution in [1.29, 1.82) is 0 Å². The van der Waals surface area contributed by atoms with Crippen molar-refractivity contribution in [2.45, 2.75) is 45.4 Å². The van der Waals surface area contributed by atoms with Crippen molar-refractivity contribution in [2.24, 2.45) is 0 Å². The molecule has 0 radical (unpaired) electrons. The highest BCUT2D eigenvalue weighted by molar-refractivity contribution is 5.69. The van der Waals surface area contributed by atoms with Crippen LogP contribution in [0.25, 0.3) is 22.4 Å². The number of hydrogen-bond donors (Lipinski definition) is 1. The Bertz CT molecular complexity index is 881. The van der Waals surface area contributed by atoms with E-state index in [1.54, 1.807) is 0 Å². The number of hydrogen-bond acceptors (Lipinski definition) is 2. The van der Waals surface area contributed by atoms with Gasteiger partial charge in [0.2, 0.25) is 0 Å². The summed E-state index contributed by atoms with van der Waals surface area (Å²) in [6, 6.07) is 20.8. The molecule has 0 aliphatic rings. The van der Waals surface area contributed by atoms with E-state index in [0.29, 0.717) is 6.42 Å². The minimum absolute atomic E-state index is 0.165. The Labute approximate surface area is 167 Å². The highest BCUT2D eigenvalue weighted by Crippen LogP contribution is 2.24. The zero-order valence-electron chi connectivity index (χ0n) is 16.4. The number of benzene rings is 2. The van der Waals surface area contributed by atoms with Gasteiger partial charge in [-0.15, -0.1) is 0 Å². The number of carboxylic acids is 1. The molecule has 0 amide bonds. The number of pyridine rings is 1. The van der Waals surface area contributed by atoms with Gasteiger partial charge >= 0.3 is 5.97 Å². The summed E-state index contributed by atoms with van der Waals surface area (Å²) in [4.78, 5) is 15.3. The van der Waals surface area contributed by atoms with Crippen molar-refractivity contribution in [1.82, 2.24) is 4.98 Å². The molecule has 2 aromatic carbocycles. The van der Waals surface area contributed by atoms with Crippen LogP contribution in [0, 0.1) is 0 Å². The second-order valence-electron chi connectivity index (χ2n) is 7.18. The Kier molecular flexibility index (Phi) is 6.96. The third-order valence-electron chi connectivity index (χ3n) is 4.99. The highest BCUT2D eigenvalue weighted by Gasteiger charge is 2.04. The Morgan fingerprint density at radius 2 is 1.39 bits per heavy atom. The van der Waals surface area contributed by atoms with Crippen LogP contribution in [0.1, 0.15) is 43.7 Å². The lowest BCUT2D eigenvalue weighted by atomic mass is 10.00. The molecule has 0 saturated heterocycles. The number of carbonyl (C=O) groups is 1. The van der Waals surface area contributed by atoms with E-state index < -0.39 is 5.97 Å². The van der Waals surface area contributed by atoms with Crippen molar-refractivity contribution in [3.63, 3.8) is 0 Å². The Balaban J connectivity index is 1.65. The molecule has 0 spiro atoms. The SMILES string of the molecule is CCCCCc1ccc(-c2ccc(-c3ccc(CCC(=O)O)cc3)cc2)nc1. The van der Waals surface area contributed by atoms with Gasteiger partial charge in [-0.05, 0) is 47.6 Å². The summed E-state index contributed by atoms with van der Waals surface area (Å²) >= 11 is 0. The summed E-state index contributed by atoms with van der Waals surface area (Å²) in [5.74, 6) is -0.762. The molecular formula is C25H27NO2. The second kappa shape index (κ2) is 9.84. The Hall–Kier alpha value is -2.94. The predicted molar refractivity (Wildman–Crippen MR) is 114 cm³/mol. The van der Waals surface area contributed by atoms with E-state index in [-0.39, 0.29) is 6.42 Å². The van der Waals surface area contributed by atoms with Gasteiger partial charge in [0.15, 0.2) is 0 Å². The van der Waals surface area contributed by atoms with E-state index in [1.165, 1.54) is 24.8 Å². The first kappa shape index (κ1) is 19.8. The van der Waals surface area contributed by atoms with Gasteiger partial charge in [-0.25, -0.2) is 0 Å². The van der Waals surface area contributed by atoms with Crippen LogP contribution < -0.4 is 0 Å². The van der Waals surface area contributed by atoms with Crippen LogP contribution in [0.15, 0.2) is 66.9 Å². The van der Waals surface area contributed by atoms with Crippen LogP contribution in [-0.2, 0) is 17.6 Å². The number of aromatic nitrogens is 1. The molecule has 1 N–H and O–H groups in total. The Morgan fingerprint density at radius 3 is 1.96 bits per heavy atom. The molecule has 3 rings (SSSR count). The lowest BCUT2D eigenvalue weighted by Gasteiger charge is -2.07. The van der Waals surface area contributed by atoms with Crippen LogP contribution >= 0.6 is 0 Å². The van der Waals surface area contributed by atoms with Crippen LogP contribution in [-0.4, -0.2) is 16.1 Å². The summed E-state index contributed by atoms with van der Waals surface area (Å²) in [6.45, 7) is 2.22. The maximum Gasteiger partial charge on any atom is 0.303 e. The van der Waals surface area contributed by atoms with Gasteiger partial charge in [0.1, 0.15) is 0 Å². The zero-order valence-corrected chi connectivity index (χ0v) is 16.4. The third kappa shape index (κ3) is 5.53. The molecule has 3 nitrogen and oxygen atoms in total. The number of rotatable bonds is 9. The molecule has 0 atom stereocenters. The van der Waals surface area contributed by atoms with E-state index in [9.17, 15) is 4.79 Å². The van der Waals surface area contributed by atoms with E-state index >= 15 is 0 Å². The van der Waals surface area contributed by atoms with Gasteiger partial charge < -0.3 is 5.11 Å². The van der Waals surface area contributed by atoms with Crippen molar-refractivity contribution < 1.29 is 9.90 Å². The molecular weight excluding hydrogens is 346 g/mol. The fourth-order valence-corrected chi connectivity index (χ4v) is 3.27. The zero-order chi connectivity index (χ0) is 19.8. The van der Waals surface area contributed by atoms with E-state index in [1.807, 2.05) is 18.3 Å². The highest BCUT2D eigenvalue weighted by atomic mass is 16.4. The minimum Gasteiger partial charge on any atom is -0.481 e. The van der Waals surface area contributed by atoms with Crippen LogP contribution in [0.4, 0.5) is 0 Å². The maximum atomic E-state index is 10.7. The third-order valence-corrected chi connectivity index (χ3v) is 4.99. The van der Waals surface area contributed by atoms with Crippen molar-refractivity contribution in [2.75, 3.05) is 0 Å². The number of unbranched alkanes of at least 4 members (excludes halogenated alkanes) is 2. The normalized spacial score (nSPS) is 10.8. The van der Waals surface area contributed by atoms with Gasteiger partial charge in [0, 0.05) is 18.2 Å². The molecule has 3 heteroatoms. The average Bonchev–Trinajstić information content (AvgIpc) is 2.73. The van der Waals surface area contributed by atoms with Crippen LogP contribution in [0.5, 0.6) is 0 Å². The molecule has 1 aromatic heterocycles. The molecule has 3 aromatic rings. The number of nitrogens with zero attached hydrogens (tertiary/aromatic N) is 1. The summed E-state index contributed by atoms with van der Waals surface area (Å²) < 4.78 is 0. The molecule has 0 bridgehead atoms. The summed E-state index contributed by atoms with van der Waals surface area (Å²) in [5, 5.41) is 8.79. The van der Waals surface area contributed by atoms with Crippen molar-refractivity contribution >= 4 is 5.97 Å². The van der Waals surface area contributed by atoms with Gasteiger partial charge in [0.25, 0.3) is 0 Å².